The van der Waals surface area contributed by atoms with Crippen LogP contribution < -0.4 is 5.32 Å². The fraction of sp³-hybridized carbons (Fsp3) is 0.588. The molecule has 0 bridgehead atoms. The van der Waals surface area contributed by atoms with Gasteiger partial charge in [0.25, 0.3) is 0 Å². The van der Waals surface area contributed by atoms with Gasteiger partial charge < -0.3 is 10.1 Å². The van der Waals surface area contributed by atoms with Crippen molar-refractivity contribution in [3.05, 3.63) is 35.4 Å². The Hall–Kier alpha value is -1.39. The van der Waals surface area contributed by atoms with Gasteiger partial charge in [-0.15, -0.1) is 0 Å². The average molecular weight is 292 g/mol. The molecule has 0 spiro atoms. The summed E-state index contributed by atoms with van der Waals surface area (Å²) in [5.74, 6) is -0.0639. The number of hydrogen-bond donors (Lipinski definition) is 1. The number of ether oxygens (including phenoxy) is 1. The van der Waals surface area contributed by atoms with Crippen molar-refractivity contribution in [1.82, 2.24) is 10.2 Å². The van der Waals surface area contributed by atoms with Crippen LogP contribution in [0.1, 0.15) is 38.8 Å². The first-order valence-electron chi connectivity index (χ1n) is 7.80. The minimum atomic E-state index is -0.395. The third kappa shape index (κ3) is 6.27. The molecular formula is C17H28N2O2. The lowest BCUT2D eigenvalue weighted by Gasteiger charge is -2.18. The lowest BCUT2D eigenvalue weighted by molar-refractivity contribution is -0.131. The molecule has 0 saturated heterocycles. The molecule has 0 radical (unpaired) electrons. The molecule has 0 unspecified atom stereocenters. The molecule has 0 aromatic heterocycles. The molecule has 4 heteroatoms. The topological polar surface area (TPSA) is 41.6 Å². The summed E-state index contributed by atoms with van der Waals surface area (Å²) >= 11 is 0. The number of nitrogens with one attached hydrogen (secondary N) is 1. The Balaban J connectivity index is 2.54. The van der Waals surface area contributed by atoms with Crippen molar-refractivity contribution >= 4 is 5.91 Å². The van der Waals surface area contributed by atoms with Gasteiger partial charge in [0.2, 0.25) is 5.91 Å². The number of carbonyl (C=O) groups is 1. The number of nitrogens with zero attached hydrogens (tertiary/aromatic N) is 1. The molecule has 0 aliphatic rings. The number of hydrogen-bond acceptors (Lipinski definition) is 3. The fourth-order valence-corrected chi connectivity index (χ4v) is 2.20. The SMILES string of the molecule is CCO[C@@H](C)C(=O)NCc1cccc(CN(CC)CC)c1. The van der Waals surface area contributed by atoms with E-state index in [0.717, 1.165) is 25.2 Å². The lowest BCUT2D eigenvalue weighted by Crippen LogP contribution is -2.34. The Kier molecular flexibility index (Phi) is 8.01. The first kappa shape index (κ1) is 17.7. The van der Waals surface area contributed by atoms with Gasteiger partial charge in [-0.2, -0.15) is 0 Å². The van der Waals surface area contributed by atoms with Crippen molar-refractivity contribution in [3.8, 4) is 0 Å². The van der Waals surface area contributed by atoms with Crippen molar-refractivity contribution < 1.29 is 9.53 Å². The molecule has 0 heterocycles. The van der Waals surface area contributed by atoms with E-state index in [1.165, 1.54) is 5.56 Å². The lowest BCUT2D eigenvalue weighted by atomic mass is 10.1. The van der Waals surface area contributed by atoms with E-state index in [1.54, 1.807) is 6.92 Å². The van der Waals surface area contributed by atoms with Crippen LogP contribution in [-0.4, -0.2) is 36.6 Å². The van der Waals surface area contributed by atoms with Gasteiger partial charge in [0.05, 0.1) is 0 Å². The van der Waals surface area contributed by atoms with Gasteiger partial charge in [-0.25, -0.2) is 0 Å². The normalized spacial score (nSPS) is 12.4. The highest BCUT2D eigenvalue weighted by atomic mass is 16.5. The second-order valence-corrected chi connectivity index (χ2v) is 5.10. The third-order valence-electron chi connectivity index (χ3n) is 3.54. The van der Waals surface area contributed by atoms with Gasteiger partial charge in [-0.05, 0) is 38.1 Å². The van der Waals surface area contributed by atoms with Crippen LogP contribution in [0, 0.1) is 0 Å². The van der Waals surface area contributed by atoms with Crippen molar-refractivity contribution in [1.29, 1.82) is 0 Å². The number of rotatable bonds is 9. The third-order valence-corrected chi connectivity index (χ3v) is 3.54. The summed E-state index contributed by atoms with van der Waals surface area (Å²) < 4.78 is 5.28. The quantitative estimate of drug-likeness (QED) is 0.760. The molecule has 0 aliphatic carbocycles. The van der Waals surface area contributed by atoms with Gasteiger partial charge in [-0.1, -0.05) is 38.1 Å². The maximum Gasteiger partial charge on any atom is 0.249 e. The molecule has 118 valence electrons. The molecule has 1 rings (SSSR count). The molecule has 0 fully saturated rings. The predicted octanol–water partition coefficient (Wildman–Crippen LogP) is 2.57. The van der Waals surface area contributed by atoms with Crippen LogP contribution in [0.25, 0.3) is 0 Å². The summed E-state index contributed by atoms with van der Waals surface area (Å²) in [6.45, 7) is 12.1. The van der Waals surface area contributed by atoms with E-state index in [1.807, 2.05) is 19.1 Å². The molecule has 1 amide bonds. The van der Waals surface area contributed by atoms with Crippen LogP contribution in [-0.2, 0) is 22.6 Å². The standard InChI is InChI=1S/C17H28N2O2/c1-5-19(6-2)13-16-10-8-9-15(11-16)12-18-17(20)14(4)21-7-3/h8-11,14H,5-7,12-13H2,1-4H3,(H,18,20)/t14-/m0/s1. The molecule has 4 nitrogen and oxygen atoms in total. The molecule has 1 atom stereocenters. The smallest absolute Gasteiger partial charge is 0.249 e. The summed E-state index contributed by atoms with van der Waals surface area (Å²) in [5.41, 5.74) is 2.40. The minimum Gasteiger partial charge on any atom is -0.369 e. The largest absolute Gasteiger partial charge is 0.369 e. The van der Waals surface area contributed by atoms with Gasteiger partial charge in [-0.3, -0.25) is 9.69 Å². The van der Waals surface area contributed by atoms with E-state index in [4.69, 9.17) is 4.74 Å². The zero-order valence-corrected chi connectivity index (χ0v) is 13.7. The number of carbonyl (C=O) groups excluding carboxylic acids is 1. The van der Waals surface area contributed by atoms with E-state index in [0.29, 0.717) is 13.2 Å². The van der Waals surface area contributed by atoms with Crippen LogP contribution in [0.3, 0.4) is 0 Å². The van der Waals surface area contributed by atoms with E-state index >= 15 is 0 Å². The van der Waals surface area contributed by atoms with Crippen LogP contribution >= 0.6 is 0 Å². The first-order chi connectivity index (χ1) is 10.1. The zero-order valence-electron chi connectivity index (χ0n) is 13.7. The highest BCUT2D eigenvalue weighted by Gasteiger charge is 2.11. The second kappa shape index (κ2) is 9.53. The number of amides is 1. The van der Waals surface area contributed by atoms with Crippen LogP contribution in [0.2, 0.25) is 0 Å². The Bertz CT molecular complexity index is 431. The molecule has 0 aliphatic heterocycles. The number of benzene rings is 1. The monoisotopic (exact) mass is 292 g/mol. The Morgan fingerprint density at radius 1 is 1.24 bits per heavy atom. The summed E-state index contributed by atoms with van der Waals surface area (Å²) in [6, 6.07) is 8.38. The Labute approximate surface area is 128 Å². The average Bonchev–Trinajstić information content (AvgIpc) is 2.50. The predicted molar refractivity (Wildman–Crippen MR) is 86.0 cm³/mol. The first-order valence-corrected chi connectivity index (χ1v) is 7.80. The molecule has 21 heavy (non-hydrogen) atoms. The minimum absolute atomic E-state index is 0.0639. The Morgan fingerprint density at radius 2 is 1.90 bits per heavy atom. The van der Waals surface area contributed by atoms with E-state index in [2.05, 4.69) is 36.2 Å². The van der Waals surface area contributed by atoms with Crippen LogP contribution in [0.15, 0.2) is 24.3 Å². The fourth-order valence-electron chi connectivity index (χ4n) is 2.20. The van der Waals surface area contributed by atoms with Crippen molar-refractivity contribution in [2.45, 2.75) is 46.9 Å². The highest BCUT2D eigenvalue weighted by Crippen LogP contribution is 2.08. The van der Waals surface area contributed by atoms with Gasteiger partial charge in [0.15, 0.2) is 0 Å². The van der Waals surface area contributed by atoms with Crippen LogP contribution in [0.5, 0.6) is 0 Å². The molecule has 1 N–H and O–H groups in total. The Morgan fingerprint density at radius 3 is 2.52 bits per heavy atom. The maximum absolute atomic E-state index is 11.8. The van der Waals surface area contributed by atoms with Crippen molar-refractivity contribution in [2.24, 2.45) is 0 Å². The molecular weight excluding hydrogens is 264 g/mol. The summed E-state index contributed by atoms with van der Waals surface area (Å²) in [4.78, 5) is 14.2. The van der Waals surface area contributed by atoms with Crippen molar-refractivity contribution in [3.63, 3.8) is 0 Å². The van der Waals surface area contributed by atoms with Gasteiger partial charge >= 0.3 is 0 Å². The maximum atomic E-state index is 11.8. The van der Waals surface area contributed by atoms with Crippen LogP contribution in [0.4, 0.5) is 0 Å². The van der Waals surface area contributed by atoms with Crippen molar-refractivity contribution in [2.75, 3.05) is 19.7 Å². The summed E-state index contributed by atoms with van der Waals surface area (Å²) in [7, 11) is 0. The second-order valence-electron chi connectivity index (χ2n) is 5.10. The van der Waals surface area contributed by atoms with E-state index < -0.39 is 6.10 Å². The summed E-state index contributed by atoms with van der Waals surface area (Å²) in [5, 5.41) is 2.91. The van der Waals surface area contributed by atoms with E-state index in [9.17, 15) is 4.79 Å². The highest BCUT2D eigenvalue weighted by molar-refractivity contribution is 5.80. The molecule has 1 aromatic carbocycles. The molecule has 1 aromatic rings. The molecule has 0 saturated carbocycles. The summed E-state index contributed by atoms with van der Waals surface area (Å²) in [6.07, 6.45) is -0.395. The van der Waals surface area contributed by atoms with Gasteiger partial charge in [0.1, 0.15) is 6.10 Å². The zero-order chi connectivity index (χ0) is 15.7. The van der Waals surface area contributed by atoms with E-state index in [-0.39, 0.29) is 5.91 Å². The van der Waals surface area contributed by atoms with Gasteiger partial charge in [0, 0.05) is 19.7 Å².